The fraction of sp³-hybridized carbons (Fsp3) is 0.667. The molecule has 1 aromatic rings. The highest BCUT2D eigenvalue weighted by atomic mass is 32.2. The number of rotatable bonds is 7. The summed E-state index contributed by atoms with van der Waals surface area (Å²) in [6.07, 6.45) is 0. The van der Waals surface area contributed by atoms with Gasteiger partial charge < -0.3 is 15.6 Å². The molecule has 0 radical (unpaired) electrons. The van der Waals surface area contributed by atoms with E-state index in [4.69, 9.17) is 10.3 Å². The summed E-state index contributed by atoms with van der Waals surface area (Å²) in [7, 11) is -3.86. The van der Waals surface area contributed by atoms with Crippen LogP contribution in [-0.4, -0.2) is 38.6 Å². The molecule has 1 aromatic heterocycles. The van der Waals surface area contributed by atoms with Crippen molar-refractivity contribution in [2.45, 2.75) is 38.6 Å². The number of hydrogen-bond donors (Lipinski definition) is 3. The minimum Gasteiger partial charge on any atom is -0.360 e. The minimum absolute atomic E-state index is 0.0301. The number of amides is 1. The quantitative estimate of drug-likeness (QED) is 0.631. The standard InChI is InChI=1S/C12H22N4O4S/c1-7(5-13)6-14-12(17)9(3)16-21(18,19)11-8(2)15-20-10(11)4/h7,9,16H,5-6,13H2,1-4H3,(H,14,17). The van der Waals surface area contributed by atoms with Crippen molar-refractivity contribution in [3.63, 3.8) is 0 Å². The smallest absolute Gasteiger partial charge is 0.246 e. The molecule has 0 bridgehead atoms. The zero-order valence-corrected chi connectivity index (χ0v) is 13.5. The van der Waals surface area contributed by atoms with Crippen molar-refractivity contribution in [3.05, 3.63) is 11.5 Å². The van der Waals surface area contributed by atoms with Gasteiger partial charge in [0.2, 0.25) is 15.9 Å². The van der Waals surface area contributed by atoms with Crippen LogP contribution in [0.3, 0.4) is 0 Å². The van der Waals surface area contributed by atoms with Crippen LogP contribution in [0.2, 0.25) is 0 Å². The second kappa shape index (κ2) is 7.01. The molecule has 120 valence electrons. The normalized spacial score (nSPS) is 14.7. The fourth-order valence-corrected chi connectivity index (χ4v) is 3.25. The summed E-state index contributed by atoms with van der Waals surface area (Å²) in [5.41, 5.74) is 5.71. The lowest BCUT2D eigenvalue weighted by molar-refractivity contribution is -0.122. The molecule has 9 heteroatoms. The van der Waals surface area contributed by atoms with Crippen LogP contribution >= 0.6 is 0 Å². The van der Waals surface area contributed by atoms with E-state index in [1.807, 2.05) is 6.92 Å². The van der Waals surface area contributed by atoms with Gasteiger partial charge in [-0.2, -0.15) is 4.72 Å². The van der Waals surface area contributed by atoms with Crippen LogP contribution in [0.5, 0.6) is 0 Å². The number of aromatic nitrogens is 1. The molecule has 0 aliphatic carbocycles. The Bertz CT molecular complexity index is 577. The maximum absolute atomic E-state index is 12.2. The van der Waals surface area contributed by atoms with Crippen LogP contribution in [0.4, 0.5) is 0 Å². The first-order chi connectivity index (χ1) is 9.69. The third-order valence-electron chi connectivity index (χ3n) is 2.99. The number of hydrogen-bond acceptors (Lipinski definition) is 6. The average molecular weight is 318 g/mol. The first-order valence-electron chi connectivity index (χ1n) is 6.62. The predicted octanol–water partition coefficient (Wildman–Crippen LogP) is -0.331. The Labute approximate surface area is 124 Å². The van der Waals surface area contributed by atoms with Gasteiger partial charge in [-0.25, -0.2) is 8.42 Å². The van der Waals surface area contributed by atoms with E-state index in [0.29, 0.717) is 13.1 Å². The topological polar surface area (TPSA) is 127 Å². The third kappa shape index (κ3) is 4.51. The molecule has 8 nitrogen and oxygen atoms in total. The number of aryl methyl sites for hydroxylation is 2. The summed E-state index contributed by atoms with van der Waals surface area (Å²) in [4.78, 5) is 11.8. The van der Waals surface area contributed by atoms with E-state index in [0.717, 1.165) is 0 Å². The minimum atomic E-state index is -3.86. The molecule has 0 saturated carbocycles. The van der Waals surface area contributed by atoms with Crippen molar-refractivity contribution in [2.75, 3.05) is 13.1 Å². The van der Waals surface area contributed by atoms with Gasteiger partial charge in [-0.1, -0.05) is 12.1 Å². The van der Waals surface area contributed by atoms with Crippen molar-refractivity contribution in [3.8, 4) is 0 Å². The maximum Gasteiger partial charge on any atom is 0.246 e. The summed E-state index contributed by atoms with van der Waals surface area (Å²) in [5.74, 6) is -0.102. The maximum atomic E-state index is 12.2. The van der Waals surface area contributed by atoms with E-state index in [-0.39, 0.29) is 22.3 Å². The van der Waals surface area contributed by atoms with Crippen LogP contribution in [-0.2, 0) is 14.8 Å². The predicted molar refractivity (Wildman–Crippen MR) is 77.0 cm³/mol. The number of nitrogens with one attached hydrogen (secondary N) is 2. The SMILES string of the molecule is Cc1noc(C)c1S(=O)(=O)NC(C)C(=O)NCC(C)CN. The lowest BCUT2D eigenvalue weighted by Gasteiger charge is -2.16. The lowest BCUT2D eigenvalue weighted by atomic mass is 10.2. The van der Waals surface area contributed by atoms with Gasteiger partial charge in [0.1, 0.15) is 10.6 Å². The first-order valence-corrected chi connectivity index (χ1v) is 8.10. The molecule has 4 N–H and O–H groups in total. The van der Waals surface area contributed by atoms with Gasteiger partial charge in [0.15, 0.2) is 5.76 Å². The van der Waals surface area contributed by atoms with Gasteiger partial charge in [0.25, 0.3) is 0 Å². The van der Waals surface area contributed by atoms with E-state index in [1.54, 1.807) is 0 Å². The van der Waals surface area contributed by atoms with Crippen LogP contribution in [0, 0.1) is 19.8 Å². The van der Waals surface area contributed by atoms with Crippen molar-refractivity contribution >= 4 is 15.9 Å². The Balaban J connectivity index is 2.73. The monoisotopic (exact) mass is 318 g/mol. The number of sulfonamides is 1. The Morgan fingerprint density at radius 2 is 2.00 bits per heavy atom. The van der Waals surface area contributed by atoms with E-state index in [9.17, 15) is 13.2 Å². The zero-order valence-electron chi connectivity index (χ0n) is 12.6. The Hall–Kier alpha value is -1.45. The fourth-order valence-electron chi connectivity index (χ4n) is 1.71. The highest BCUT2D eigenvalue weighted by Crippen LogP contribution is 2.18. The second-order valence-electron chi connectivity index (χ2n) is 5.08. The molecular formula is C12H22N4O4S. The third-order valence-corrected chi connectivity index (χ3v) is 4.77. The van der Waals surface area contributed by atoms with Crippen molar-refractivity contribution in [1.29, 1.82) is 0 Å². The largest absolute Gasteiger partial charge is 0.360 e. The summed E-state index contributed by atoms with van der Waals surface area (Å²) < 4.78 is 31.6. The number of carbonyl (C=O) groups is 1. The molecule has 0 aromatic carbocycles. The van der Waals surface area contributed by atoms with Gasteiger partial charge in [0, 0.05) is 6.54 Å². The van der Waals surface area contributed by atoms with Crippen LogP contribution < -0.4 is 15.8 Å². The molecule has 2 unspecified atom stereocenters. The average Bonchev–Trinajstić information content (AvgIpc) is 2.74. The summed E-state index contributed by atoms with van der Waals surface area (Å²) in [5, 5.41) is 6.24. The molecule has 2 atom stereocenters. The van der Waals surface area contributed by atoms with E-state index in [1.165, 1.54) is 20.8 Å². The zero-order chi connectivity index (χ0) is 16.2. The Kier molecular flexibility index (Phi) is 5.87. The van der Waals surface area contributed by atoms with Gasteiger partial charge in [-0.15, -0.1) is 0 Å². The molecule has 0 saturated heterocycles. The van der Waals surface area contributed by atoms with E-state index in [2.05, 4.69) is 15.2 Å². The molecule has 1 heterocycles. The summed E-state index contributed by atoms with van der Waals surface area (Å²) in [6.45, 7) is 7.23. The summed E-state index contributed by atoms with van der Waals surface area (Å²) in [6, 6.07) is -0.909. The van der Waals surface area contributed by atoms with Gasteiger partial charge in [-0.3, -0.25) is 4.79 Å². The molecular weight excluding hydrogens is 296 g/mol. The second-order valence-corrected chi connectivity index (χ2v) is 6.73. The van der Waals surface area contributed by atoms with Gasteiger partial charge in [-0.05, 0) is 33.2 Å². The molecule has 21 heavy (non-hydrogen) atoms. The highest BCUT2D eigenvalue weighted by Gasteiger charge is 2.28. The summed E-state index contributed by atoms with van der Waals surface area (Å²) >= 11 is 0. The molecule has 1 amide bonds. The van der Waals surface area contributed by atoms with Crippen molar-refractivity contribution in [1.82, 2.24) is 15.2 Å². The van der Waals surface area contributed by atoms with Crippen LogP contribution in [0.15, 0.2) is 9.42 Å². The van der Waals surface area contributed by atoms with Crippen molar-refractivity contribution < 1.29 is 17.7 Å². The molecule has 0 aliphatic rings. The molecule has 0 aliphatic heterocycles. The van der Waals surface area contributed by atoms with E-state index < -0.39 is 22.0 Å². The van der Waals surface area contributed by atoms with Gasteiger partial charge in [0.05, 0.1) is 6.04 Å². The Morgan fingerprint density at radius 3 is 2.48 bits per heavy atom. The first kappa shape index (κ1) is 17.6. The lowest BCUT2D eigenvalue weighted by Crippen LogP contribution is -2.46. The highest BCUT2D eigenvalue weighted by molar-refractivity contribution is 7.89. The van der Waals surface area contributed by atoms with Crippen molar-refractivity contribution in [2.24, 2.45) is 11.7 Å². The molecule has 1 rings (SSSR count). The number of nitrogens with zero attached hydrogens (tertiary/aromatic N) is 1. The van der Waals surface area contributed by atoms with Gasteiger partial charge >= 0.3 is 0 Å². The van der Waals surface area contributed by atoms with Crippen LogP contribution in [0.1, 0.15) is 25.3 Å². The Morgan fingerprint density at radius 1 is 1.38 bits per heavy atom. The van der Waals surface area contributed by atoms with Crippen LogP contribution in [0.25, 0.3) is 0 Å². The number of carbonyl (C=O) groups excluding carboxylic acids is 1. The molecule has 0 spiro atoms. The van der Waals surface area contributed by atoms with E-state index >= 15 is 0 Å². The molecule has 0 fully saturated rings. The number of nitrogens with two attached hydrogens (primary N) is 1.